The zero-order valence-electron chi connectivity index (χ0n) is 8.20. The summed E-state index contributed by atoms with van der Waals surface area (Å²) in [6.45, 7) is 4.64. The quantitative estimate of drug-likeness (QED) is 0.476. The lowest BCUT2D eigenvalue weighted by molar-refractivity contribution is -0.204. The molecule has 0 aliphatic carbocycles. The fourth-order valence-corrected chi connectivity index (χ4v) is 0.626. The van der Waals surface area contributed by atoms with E-state index in [1.54, 1.807) is 13.8 Å². The fourth-order valence-electron chi connectivity index (χ4n) is 0.626. The average Bonchev–Trinajstić information content (AvgIpc) is 2.00. The highest BCUT2D eigenvalue weighted by atomic mass is 16.7. The zero-order chi connectivity index (χ0) is 10.4. The minimum Gasteiger partial charge on any atom is -0.464 e. The molecule has 5 nitrogen and oxygen atoms in total. The highest BCUT2D eigenvalue weighted by molar-refractivity contribution is 5.77. The first kappa shape index (κ1) is 11.9. The molecule has 1 unspecified atom stereocenters. The summed E-state index contributed by atoms with van der Waals surface area (Å²) in [5.41, 5.74) is 0. The average molecular weight is 190 g/mol. The van der Waals surface area contributed by atoms with Crippen LogP contribution in [0.2, 0.25) is 0 Å². The maximum atomic E-state index is 11.0. The van der Waals surface area contributed by atoms with Crippen molar-refractivity contribution in [3.63, 3.8) is 0 Å². The Hall–Kier alpha value is -1.10. The van der Waals surface area contributed by atoms with Crippen LogP contribution in [-0.4, -0.2) is 31.4 Å². The lowest BCUT2D eigenvalue weighted by Gasteiger charge is -2.17. The molecule has 5 heteroatoms. The molecule has 0 radical (unpaired) electrons. The Morgan fingerprint density at radius 3 is 2.08 bits per heavy atom. The van der Waals surface area contributed by atoms with Crippen LogP contribution in [-0.2, 0) is 23.8 Å². The summed E-state index contributed by atoms with van der Waals surface area (Å²) in [5, 5.41) is 0. The molecule has 0 N–H and O–H groups in total. The molecule has 0 amide bonds. The largest absolute Gasteiger partial charge is 0.464 e. The molecule has 0 bridgehead atoms. The molecule has 0 aromatic carbocycles. The minimum absolute atomic E-state index is 0.219. The molecular formula is C8H14O5. The van der Waals surface area contributed by atoms with Gasteiger partial charge in [-0.1, -0.05) is 0 Å². The first-order valence-corrected chi connectivity index (χ1v) is 3.88. The van der Waals surface area contributed by atoms with Crippen molar-refractivity contribution >= 4 is 11.9 Å². The van der Waals surface area contributed by atoms with Gasteiger partial charge in [-0.15, -0.1) is 0 Å². The molecule has 0 saturated carbocycles. The molecule has 0 aliphatic heterocycles. The first-order chi connectivity index (χ1) is 5.97. The third-order valence-electron chi connectivity index (χ3n) is 1.06. The zero-order valence-corrected chi connectivity index (χ0v) is 8.20. The lowest BCUT2D eigenvalue weighted by atomic mass is 10.5. The van der Waals surface area contributed by atoms with Crippen LogP contribution in [0.3, 0.4) is 0 Å². The second-order valence-electron chi connectivity index (χ2n) is 2.65. The van der Waals surface area contributed by atoms with Gasteiger partial charge < -0.3 is 14.2 Å². The Balaban J connectivity index is 4.18. The Morgan fingerprint density at radius 2 is 1.77 bits per heavy atom. The van der Waals surface area contributed by atoms with Crippen LogP contribution in [0.1, 0.15) is 20.8 Å². The van der Waals surface area contributed by atoms with Crippen molar-refractivity contribution in [1.82, 2.24) is 0 Å². The van der Waals surface area contributed by atoms with E-state index in [4.69, 9.17) is 4.74 Å². The van der Waals surface area contributed by atoms with E-state index < -0.39 is 18.2 Å². The summed E-state index contributed by atoms with van der Waals surface area (Å²) < 4.78 is 13.9. The number of methoxy groups -OCH3 is 1. The molecular weight excluding hydrogens is 176 g/mol. The van der Waals surface area contributed by atoms with Crippen LogP contribution in [0.5, 0.6) is 0 Å². The number of carbonyl (C=O) groups excluding carboxylic acids is 2. The fraction of sp³-hybridized carbons (Fsp3) is 0.750. The smallest absolute Gasteiger partial charge is 0.376 e. The lowest BCUT2D eigenvalue weighted by Crippen LogP contribution is -2.32. The van der Waals surface area contributed by atoms with Crippen LogP contribution in [0, 0.1) is 0 Å². The highest BCUT2D eigenvalue weighted by Crippen LogP contribution is 2.02. The van der Waals surface area contributed by atoms with E-state index in [1.165, 1.54) is 14.0 Å². The standard InChI is InChI=1S/C8H14O5/c1-5(2)12-8(7(10)11-4)13-6(3)9/h5,8H,1-4H3. The van der Waals surface area contributed by atoms with Crippen LogP contribution in [0.15, 0.2) is 0 Å². The van der Waals surface area contributed by atoms with E-state index in [1.807, 2.05) is 0 Å². The van der Waals surface area contributed by atoms with Crippen molar-refractivity contribution < 1.29 is 23.8 Å². The van der Waals surface area contributed by atoms with Gasteiger partial charge in [0.05, 0.1) is 13.2 Å². The maximum Gasteiger partial charge on any atom is 0.376 e. The summed E-state index contributed by atoms with van der Waals surface area (Å²) in [6, 6.07) is 0. The van der Waals surface area contributed by atoms with Gasteiger partial charge in [-0.3, -0.25) is 4.79 Å². The molecule has 0 aromatic heterocycles. The van der Waals surface area contributed by atoms with Crippen molar-refractivity contribution in [2.45, 2.75) is 33.2 Å². The van der Waals surface area contributed by atoms with Gasteiger partial charge in [0, 0.05) is 6.92 Å². The molecule has 0 saturated heterocycles. The second kappa shape index (κ2) is 5.53. The molecule has 0 aromatic rings. The summed E-state index contributed by atoms with van der Waals surface area (Å²) in [4.78, 5) is 21.5. The summed E-state index contributed by atoms with van der Waals surface area (Å²) >= 11 is 0. The van der Waals surface area contributed by atoms with Crippen LogP contribution < -0.4 is 0 Å². The van der Waals surface area contributed by atoms with Gasteiger partial charge in [0.15, 0.2) is 0 Å². The first-order valence-electron chi connectivity index (χ1n) is 3.88. The molecule has 0 rings (SSSR count). The summed E-state index contributed by atoms with van der Waals surface area (Å²) in [5.74, 6) is -1.31. The predicted molar refractivity (Wildman–Crippen MR) is 43.8 cm³/mol. The molecule has 13 heavy (non-hydrogen) atoms. The number of rotatable bonds is 4. The molecule has 0 heterocycles. The summed E-state index contributed by atoms with van der Waals surface area (Å²) in [7, 11) is 1.20. The third kappa shape index (κ3) is 5.19. The predicted octanol–water partition coefficient (Wildman–Crippen LogP) is 0.474. The minimum atomic E-state index is -1.26. The van der Waals surface area contributed by atoms with E-state index in [0.29, 0.717) is 0 Å². The Kier molecular flexibility index (Phi) is 5.06. The van der Waals surface area contributed by atoms with Crippen molar-refractivity contribution in [3.8, 4) is 0 Å². The second-order valence-corrected chi connectivity index (χ2v) is 2.65. The Bertz CT molecular complexity index is 187. The van der Waals surface area contributed by atoms with Crippen LogP contribution >= 0.6 is 0 Å². The number of esters is 2. The Morgan fingerprint density at radius 1 is 1.23 bits per heavy atom. The van der Waals surface area contributed by atoms with Gasteiger partial charge >= 0.3 is 18.2 Å². The van der Waals surface area contributed by atoms with Gasteiger partial charge in [-0.2, -0.15) is 0 Å². The summed E-state index contributed by atoms with van der Waals surface area (Å²) in [6.07, 6.45) is -1.48. The molecule has 0 aliphatic rings. The van der Waals surface area contributed by atoms with E-state index in [0.717, 1.165) is 0 Å². The van der Waals surface area contributed by atoms with E-state index in [2.05, 4.69) is 9.47 Å². The molecule has 0 fully saturated rings. The van der Waals surface area contributed by atoms with E-state index in [-0.39, 0.29) is 6.10 Å². The molecule has 0 spiro atoms. The van der Waals surface area contributed by atoms with E-state index in [9.17, 15) is 9.59 Å². The monoisotopic (exact) mass is 190 g/mol. The van der Waals surface area contributed by atoms with Gasteiger partial charge in [-0.05, 0) is 13.8 Å². The number of ether oxygens (including phenoxy) is 3. The topological polar surface area (TPSA) is 61.8 Å². The third-order valence-corrected chi connectivity index (χ3v) is 1.06. The van der Waals surface area contributed by atoms with Gasteiger partial charge in [0.1, 0.15) is 0 Å². The van der Waals surface area contributed by atoms with Crippen molar-refractivity contribution in [1.29, 1.82) is 0 Å². The van der Waals surface area contributed by atoms with Crippen molar-refractivity contribution in [2.75, 3.05) is 7.11 Å². The van der Waals surface area contributed by atoms with Crippen LogP contribution in [0.4, 0.5) is 0 Å². The highest BCUT2D eigenvalue weighted by Gasteiger charge is 2.24. The number of hydrogen-bond acceptors (Lipinski definition) is 5. The number of hydrogen-bond donors (Lipinski definition) is 0. The maximum absolute atomic E-state index is 11.0. The van der Waals surface area contributed by atoms with Crippen LogP contribution in [0.25, 0.3) is 0 Å². The molecule has 1 atom stereocenters. The Labute approximate surface area is 77.0 Å². The SMILES string of the molecule is COC(=O)C(OC(C)=O)OC(C)C. The number of carbonyl (C=O) groups is 2. The van der Waals surface area contributed by atoms with E-state index >= 15 is 0 Å². The van der Waals surface area contributed by atoms with Gasteiger partial charge in [0.2, 0.25) is 0 Å². The van der Waals surface area contributed by atoms with Crippen molar-refractivity contribution in [3.05, 3.63) is 0 Å². The van der Waals surface area contributed by atoms with Gasteiger partial charge in [0.25, 0.3) is 0 Å². The van der Waals surface area contributed by atoms with Crippen molar-refractivity contribution in [2.24, 2.45) is 0 Å². The molecule has 76 valence electrons. The van der Waals surface area contributed by atoms with Gasteiger partial charge in [-0.25, -0.2) is 4.79 Å². The normalized spacial score (nSPS) is 12.4.